The molecule has 0 saturated carbocycles. The molecule has 0 rings (SSSR count). The van der Waals surface area contributed by atoms with Crippen LogP contribution in [0.25, 0.3) is 0 Å². The standard InChI is InChI=1S/C21H40O2/c1-2-3-4-5-6-7-8-9-10-11-12-13-14-15-16-17-18-19-20-21(22)23/h12-13H,2-11,14-20H2,1H3,(H,22,23)/b13-12+. The van der Waals surface area contributed by atoms with Gasteiger partial charge in [-0.3, -0.25) is 4.79 Å². The second kappa shape index (κ2) is 19.3. The second-order valence-corrected chi connectivity index (χ2v) is 6.79. The number of carboxylic acids is 1. The van der Waals surface area contributed by atoms with Gasteiger partial charge in [0.1, 0.15) is 0 Å². The number of rotatable bonds is 18. The van der Waals surface area contributed by atoms with Crippen LogP contribution >= 0.6 is 0 Å². The lowest BCUT2D eigenvalue weighted by atomic mass is 10.1. The molecule has 0 aliphatic rings. The number of aliphatic carboxylic acids is 1. The van der Waals surface area contributed by atoms with Crippen molar-refractivity contribution < 1.29 is 9.90 Å². The molecule has 23 heavy (non-hydrogen) atoms. The van der Waals surface area contributed by atoms with Crippen LogP contribution in [0.1, 0.15) is 116 Å². The maximum atomic E-state index is 10.4. The third kappa shape index (κ3) is 21.2. The molecule has 0 fully saturated rings. The molecule has 2 nitrogen and oxygen atoms in total. The van der Waals surface area contributed by atoms with Gasteiger partial charge < -0.3 is 5.11 Å². The van der Waals surface area contributed by atoms with Crippen LogP contribution < -0.4 is 0 Å². The topological polar surface area (TPSA) is 37.3 Å². The highest BCUT2D eigenvalue weighted by atomic mass is 16.4. The summed E-state index contributed by atoms with van der Waals surface area (Å²) in [6.07, 6.45) is 25.7. The molecule has 0 radical (unpaired) electrons. The molecule has 0 heterocycles. The van der Waals surface area contributed by atoms with Crippen molar-refractivity contribution in [1.82, 2.24) is 0 Å². The molecule has 0 amide bonds. The average Bonchev–Trinajstić information content (AvgIpc) is 2.53. The Balaban J connectivity index is 3.07. The van der Waals surface area contributed by atoms with Crippen molar-refractivity contribution in [3.05, 3.63) is 12.2 Å². The Morgan fingerprint density at radius 2 is 1.04 bits per heavy atom. The highest BCUT2D eigenvalue weighted by Crippen LogP contribution is 2.11. The Labute approximate surface area is 144 Å². The third-order valence-corrected chi connectivity index (χ3v) is 4.40. The van der Waals surface area contributed by atoms with Crippen molar-refractivity contribution in [3.8, 4) is 0 Å². The minimum absolute atomic E-state index is 0.332. The zero-order valence-corrected chi connectivity index (χ0v) is 15.5. The molecule has 0 aromatic rings. The molecule has 0 spiro atoms. The first kappa shape index (κ1) is 22.2. The fraction of sp³-hybridized carbons (Fsp3) is 0.857. The molecule has 0 saturated heterocycles. The minimum Gasteiger partial charge on any atom is -0.481 e. The maximum absolute atomic E-state index is 10.4. The molecule has 0 atom stereocenters. The molecule has 136 valence electrons. The summed E-state index contributed by atoms with van der Waals surface area (Å²) in [7, 11) is 0. The van der Waals surface area contributed by atoms with E-state index in [2.05, 4.69) is 19.1 Å². The van der Waals surface area contributed by atoms with E-state index in [1.165, 1.54) is 89.9 Å². The lowest BCUT2D eigenvalue weighted by Gasteiger charge is -2.00. The van der Waals surface area contributed by atoms with E-state index >= 15 is 0 Å². The minimum atomic E-state index is -0.663. The molecule has 0 bridgehead atoms. The zero-order chi connectivity index (χ0) is 17.0. The molecule has 0 aromatic carbocycles. The molecule has 0 aromatic heterocycles. The number of allylic oxidation sites excluding steroid dienone is 2. The first-order valence-electron chi connectivity index (χ1n) is 10.1. The molecular weight excluding hydrogens is 284 g/mol. The summed E-state index contributed by atoms with van der Waals surface area (Å²) in [5, 5.41) is 8.54. The van der Waals surface area contributed by atoms with E-state index in [9.17, 15) is 4.79 Å². The summed E-state index contributed by atoms with van der Waals surface area (Å²) in [6, 6.07) is 0. The fourth-order valence-corrected chi connectivity index (χ4v) is 2.88. The third-order valence-electron chi connectivity index (χ3n) is 4.40. The van der Waals surface area contributed by atoms with Crippen LogP contribution in [0.3, 0.4) is 0 Å². The molecule has 2 heteroatoms. The molecule has 0 aliphatic carbocycles. The van der Waals surface area contributed by atoms with Gasteiger partial charge in [0, 0.05) is 6.42 Å². The van der Waals surface area contributed by atoms with Crippen molar-refractivity contribution in [2.75, 3.05) is 0 Å². The van der Waals surface area contributed by atoms with Gasteiger partial charge in [0.15, 0.2) is 0 Å². The number of carboxylic acid groups (broad SMARTS) is 1. The second-order valence-electron chi connectivity index (χ2n) is 6.79. The summed E-state index contributed by atoms with van der Waals surface area (Å²) < 4.78 is 0. The van der Waals surface area contributed by atoms with Crippen LogP contribution in [0.15, 0.2) is 12.2 Å². The summed E-state index contributed by atoms with van der Waals surface area (Å²) in [5.74, 6) is -0.663. The summed E-state index contributed by atoms with van der Waals surface area (Å²) in [6.45, 7) is 2.27. The number of carbonyl (C=O) groups is 1. The van der Waals surface area contributed by atoms with E-state index in [0.717, 1.165) is 12.8 Å². The van der Waals surface area contributed by atoms with E-state index in [-0.39, 0.29) is 0 Å². The monoisotopic (exact) mass is 324 g/mol. The predicted octanol–water partition coefficient (Wildman–Crippen LogP) is 7.28. The van der Waals surface area contributed by atoms with Crippen LogP contribution in [0.2, 0.25) is 0 Å². The lowest BCUT2D eigenvalue weighted by Crippen LogP contribution is -1.93. The van der Waals surface area contributed by atoms with Crippen LogP contribution in [-0.2, 0) is 4.79 Å². The van der Waals surface area contributed by atoms with Crippen LogP contribution in [-0.4, -0.2) is 11.1 Å². The first-order chi connectivity index (χ1) is 11.3. The Morgan fingerprint density at radius 3 is 1.48 bits per heavy atom. The predicted molar refractivity (Wildman–Crippen MR) is 101 cm³/mol. The van der Waals surface area contributed by atoms with E-state index in [0.29, 0.717) is 6.42 Å². The SMILES string of the molecule is CCCCCCCCCCC/C=C/CCCCCCCC(=O)O. The smallest absolute Gasteiger partial charge is 0.303 e. The van der Waals surface area contributed by atoms with Crippen LogP contribution in [0, 0.1) is 0 Å². The molecular formula is C21H40O2. The maximum Gasteiger partial charge on any atom is 0.303 e. The van der Waals surface area contributed by atoms with Crippen LogP contribution in [0.5, 0.6) is 0 Å². The van der Waals surface area contributed by atoms with Gasteiger partial charge in [0.05, 0.1) is 0 Å². The Bertz CT molecular complexity index is 271. The average molecular weight is 325 g/mol. The van der Waals surface area contributed by atoms with Gasteiger partial charge in [0.2, 0.25) is 0 Å². The van der Waals surface area contributed by atoms with Crippen molar-refractivity contribution in [2.24, 2.45) is 0 Å². The lowest BCUT2D eigenvalue weighted by molar-refractivity contribution is -0.137. The highest BCUT2D eigenvalue weighted by Gasteiger charge is 1.96. The van der Waals surface area contributed by atoms with Gasteiger partial charge >= 0.3 is 5.97 Å². The van der Waals surface area contributed by atoms with Crippen LogP contribution in [0.4, 0.5) is 0 Å². The van der Waals surface area contributed by atoms with E-state index < -0.39 is 5.97 Å². The number of hydrogen-bond acceptors (Lipinski definition) is 1. The Hall–Kier alpha value is -0.790. The summed E-state index contributed by atoms with van der Waals surface area (Å²) in [5.41, 5.74) is 0. The molecule has 0 unspecified atom stereocenters. The normalized spacial score (nSPS) is 11.3. The zero-order valence-electron chi connectivity index (χ0n) is 15.5. The fourth-order valence-electron chi connectivity index (χ4n) is 2.88. The van der Waals surface area contributed by atoms with E-state index in [1.807, 2.05) is 0 Å². The van der Waals surface area contributed by atoms with Gasteiger partial charge in [-0.15, -0.1) is 0 Å². The van der Waals surface area contributed by atoms with Gasteiger partial charge in [-0.2, -0.15) is 0 Å². The number of hydrogen-bond donors (Lipinski definition) is 1. The summed E-state index contributed by atoms with van der Waals surface area (Å²) >= 11 is 0. The van der Waals surface area contributed by atoms with Gasteiger partial charge in [-0.05, 0) is 32.1 Å². The van der Waals surface area contributed by atoms with Crippen molar-refractivity contribution >= 4 is 5.97 Å². The Kier molecular flexibility index (Phi) is 18.6. The van der Waals surface area contributed by atoms with E-state index in [1.54, 1.807) is 0 Å². The quantitative estimate of drug-likeness (QED) is 0.212. The Morgan fingerprint density at radius 1 is 0.652 bits per heavy atom. The number of unbranched alkanes of at least 4 members (excludes halogenated alkanes) is 14. The largest absolute Gasteiger partial charge is 0.481 e. The van der Waals surface area contributed by atoms with E-state index in [4.69, 9.17) is 5.11 Å². The van der Waals surface area contributed by atoms with Gasteiger partial charge in [0.25, 0.3) is 0 Å². The first-order valence-corrected chi connectivity index (χ1v) is 10.1. The summed E-state index contributed by atoms with van der Waals surface area (Å²) in [4.78, 5) is 10.4. The van der Waals surface area contributed by atoms with Crippen molar-refractivity contribution in [3.63, 3.8) is 0 Å². The van der Waals surface area contributed by atoms with Crippen molar-refractivity contribution in [1.29, 1.82) is 0 Å². The van der Waals surface area contributed by atoms with Gasteiger partial charge in [-0.1, -0.05) is 89.7 Å². The molecule has 1 N–H and O–H groups in total. The van der Waals surface area contributed by atoms with Crippen molar-refractivity contribution in [2.45, 2.75) is 116 Å². The molecule has 0 aliphatic heterocycles. The highest BCUT2D eigenvalue weighted by molar-refractivity contribution is 5.66. The van der Waals surface area contributed by atoms with Gasteiger partial charge in [-0.25, -0.2) is 0 Å².